The lowest BCUT2D eigenvalue weighted by atomic mass is 9.86. The highest BCUT2D eigenvalue weighted by Crippen LogP contribution is 2.61. The molecule has 0 unspecified atom stereocenters. The Morgan fingerprint density at radius 3 is 1.13 bits per heavy atom. The van der Waals surface area contributed by atoms with Crippen molar-refractivity contribution in [3.05, 3.63) is 117 Å². The van der Waals surface area contributed by atoms with Crippen molar-refractivity contribution in [1.82, 2.24) is 0 Å². The summed E-state index contributed by atoms with van der Waals surface area (Å²) >= 11 is 15.7. The van der Waals surface area contributed by atoms with Crippen LogP contribution in [-0.2, 0) is 52.1 Å². The smallest absolute Gasteiger partial charge is 0.305 e. The second-order valence-electron chi connectivity index (χ2n) is 12.8. The second-order valence-corrected chi connectivity index (χ2v) is 25.5. The van der Waals surface area contributed by atoms with Gasteiger partial charge in [-0.15, -0.1) is 47.0 Å². The van der Waals surface area contributed by atoms with Gasteiger partial charge in [0.2, 0.25) is 0 Å². The molecule has 13 heteroatoms. The van der Waals surface area contributed by atoms with E-state index in [-0.39, 0.29) is 18.5 Å². The first-order valence-electron chi connectivity index (χ1n) is 18.6. The summed E-state index contributed by atoms with van der Waals surface area (Å²) in [5.41, 5.74) is 11.2. The maximum absolute atomic E-state index is 14.3. The van der Waals surface area contributed by atoms with Crippen LogP contribution < -0.4 is 0 Å². The number of hydrogen-bond acceptors (Lipinski definition) is 12. The van der Waals surface area contributed by atoms with Gasteiger partial charge in [-0.2, -0.15) is 5.26 Å². The highest BCUT2D eigenvalue weighted by atomic mass is 32.3. The normalized spacial score (nSPS) is 17.7. The third-order valence-corrected chi connectivity index (χ3v) is 21.9. The highest BCUT2D eigenvalue weighted by Gasteiger charge is 2.34. The van der Waals surface area contributed by atoms with Gasteiger partial charge in [-0.3, -0.25) is 4.57 Å². The van der Waals surface area contributed by atoms with Crippen LogP contribution in [0.3, 0.4) is 0 Å². The van der Waals surface area contributed by atoms with Gasteiger partial charge in [-0.05, 0) is 125 Å². The van der Waals surface area contributed by atoms with Gasteiger partial charge in [0.15, 0.2) is 0 Å². The molecule has 2 aromatic rings. The Kier molecular flexibility index (Phi) is 16.4. The summed E-state index contributed by atoms with van der Waals surface area (Å²) < 4.78 is 34.5. The largest absolute Gasteiger partial charge is 0.371 e. The molecule has 0 N–H and O–H groups in total. The van der Waals surface area contributed by atoms with Crippen molar-refractivity contribution in [2.24, 2.45) is 0 Å². The second kappa shape index (κ2) is 20.5. The van der Waals surface area contributed by atoms with Crippen molar-refractivity contribution in [1.29, 1.82) is 5.26 Å². The van der Waals surface area contributed by atoms with Crippen LogP contribution in [0, 0.1) is 11.3 Å². The lowest BCUT2D eigenvalue weighted by molar-refractivity contribution is 0.227. The average Bonchev–Trinajstić information content (AvgIpc) is 3.71. The number of fused-ring (bicyclic) bond motifs is 6. The molecule has 6 bridgehead atoms. The molecule has 2 heterocycles. The average molecular weight is 890 g/mol. The third kappa shape index (κ3) is 10.6. The maximum atomic E-state index is 14.3. The van der Waals surface area contributed by atoms with E-state index in [2.05, 4.69) is 70.2 Å². The fraction of sp³-hybridized carbons (Fsp3) is 0.439. The predicted molar refractivity (Wildman–Crippen MR) is 250 cm³/mol. The zero-order valence-corrected chi connectivity index (χ0v) is 39.3. The SMILES string of the molecule is CCOP(=O)(OCC)C(C#N)=C1Cc2cc3cc(c2)CC(=C2SC(SCC)=C(SCC)S2)Cc2cc(cc(c2)C1)CC(=C1SC(SCC)=C(SCC)S1)C3. The minimum absolute atomic E-state index is 0.156. The van der Waals surface area contributed by atoms with Gasteiger partial charge in [0.1, 0.15) is 11.4 Å². The van der Waals surface area contributed by atoms with E-state index in [4.69, 9.17) is 9.05 Å². The molecule has 5 aliphatic rings. The highest BCUT2D eigenvalue weighted by molar-refractivity contribution is 8.41. The zero-order chi connectivity index (χ0) is 38.2. The van der Waals surface area contributed by atoms with E-state index in [9.17, 15) is 9.83 Å². The van der Waals surface area contributed by atoms with Crippen LogP contribution in [0.2, 0.25) is 0 Å². The minimum atomic E-state index is -3.81. The van der Waals surface area contributed by atoms with Crippen molar-refractivity contribution in [3.8, 4) is 6.07 Å². The van der Waals surface area contributed by atoms with Crippen LogP contribution in [0.25, 0.3) is 0 Å². The summed E-state index contributed by atoms with van der Waals surface area (Å²) in [6.07, 6.45) is 4.44. The summed E-state index contributed by atoms with van der Waals surface area (Å²) in [7, 11) is -3.81. The molecular formula is C41H48NO3PS8. The molecule has 0 saturated heterocycles. The van der Waals surface area contributed by atoms with E-state index in [0.717, 1.165) is 65.4 Å². The molecule has 0 atom stereocenters. The molecule has 2 aliphatic heterocycles. The molecule has 0 aromatic heterocycles. The lowest BCUT2D eigenvalue weighted by Gasteiger charge is -2.23. The van der Waals surface area contributed by atoms with Crippen LogP contribution in [0.15, 0.2) is 83.9 Å². The standard InChI is InChI=1S/C41H48NO3PS8/c1-7-44-46(43,45-8-2)35(25-42)32-19-26-13-28-17-30(15-26)23-34(37-53-40(49-11-5)41(54-37)50-12-6)24-31-16-27(20-32)14-29(18-31)22-33(21-28)36-51-38(47-9-3)39(52-36)48-10-4/h13-18H,7-12,19-24H2,1-6H3. The van der Waals surface area contributed by atoms with Crippen molar-refractivity contribution in [2.75, 3.05) is 36.2 Å². The van der Waals surface area contributed by atoms with Crippen LogP contribution in [0.5, 0.6) is 0 Å². The van der Waals surface area contributed by atoms with Crippen molar-refractivity contribution >= 4 is 102 Å². The summed E-state index contributed by atoms with van der Waals surface area (Å²) in [6, 6.07) is 16.5. The molecule has 3 aliphatic carbocycles. The fourth-order valence-corrected chi connectivity index (χ4v) is 20.1. The van der Waals surface area contributed by atoms with E-state index < -0.39 is 7.60 Å². The van der Waals surface area contributed by atoms with Gasteiger partial charge in [0.05, 0.1) is 38.6 Å². The van der Waals surface area contributed by atoms with Crippen LogP contribution in [0.4, 0.5) is 0 Å². The molecule has 0 spiro atoms. The van der Waals surface area contributed by atoms with Crippen molar-refractivity contribution in [3.63, 3.8) is 0 Å². The molecule has 288 valence electrons. The van der Waals surface area contributed by atoms with Gasteiger partial charge in [0, 0.05) is 0 Å². The number of allylic oxidation sites excluding steroid dienone is 4. The Morgan fingerprint density at radius 2 is 0.870 bits per heavy atom. The Balaban J connectivity index is 1.55. The quantitative estimate of drug-likeness (QED) is 0.142. The first kappa shape index (κ1) is 43.2. The summed E-state index contributed by atoms with van der Waals surface area (Å²) in [6.45, 7) is 13.0. The maximum Gasteiger partial charge on any atom is 0.371 e. The predicted octanol–water partition coefficient (Wildman–Crippen LogP) is 14.4. The molecule has 7 rings (SSSR count). The van der Waals surface area contributed by atoms with Crippen molar-refractivity contribution < 1.29 is 13.6 Å². The molecule has 2 aromatic carbocycles. The topological polar surface area (TPSA) is 59.3 Å². The molecule has 0 saturated carbocycles. The van der Waals surface area contributed by atoms with E-state index in [1.165, 1.54) is 58.8 Å². The minimum Gasteiger partial charge on any atom is -0.305 e. The Bertz CT molecular complexity index is 1790. The first-order chi connectivity index (χ1) is 26.2. The summed E-state index contributed by atoms with van der Waals surface area (Å²) in [5.74, 6) is 4.27. The first-order valence-corrected chi connectivity index (χ1v) is 27.4. The van der Waals surface area contributed by atoms with Crippen LogP contribution in [0.1, 0.15) is 74.9 Å². The monoisotopic (exact) mass is 889 g/mol. The van der Waals surface area contributed by atoms with E-state index >= 15 is 0 Å². The number of hydrogen-bond donors (Lipinski definition) is 0. The molecule has 0 amide bonds. The molecular weight excluding hydrogens is 842 g/mol. The Labute approximate surface area is 357 Å². The van der Waals surface area contributed by atoms with Gasteiger partial charge in [0.25, 0.3) is 0 Å². The number of benzene rings is 2. The number of nitriles is 1. The molecule has 4 nitrogen and oxygen atoms in total. The van der Waals surface area contributed by atoms with E-state index in [1.807, 2.05) is 94.1 Å². The van der Waals surface area contributed by atoms with E-state index in [1.54, 1.807) is 13.8 Å². The van der Waals surface area contributed by atoms with Crippen molar-refractivity contribution in [2.45, 2.75) is 80.1 Å². The van der Waals surface area contributed by atoms with Gasteiger partial charge >= 0.3 is 7.60 Å². The fourth-order valence-electron chi connectivity index (χ4n) is 6.97. The lowest BCUT2D eigenvalue weighted by Crippen LogP contribution is -2.10. The molecule has 54 heavy (non-hydrogen) atoms. The zero-order valence-electron chi connectivity index (χ0n) is 31.8. The van der Waals surface area contributed by atoms with E-state index in [0.29, 0.717) is 12.8 Å². The Hall–Kier alpha value is -0.420. The van der Waals surface area contributed by atoms with Crippen LogP contribution in [-0.4, -0.2) is 36.2 Å². The molecule has 0 radical (unpaired) electrons. The number of thioether (sulfide) groups is 8. The summed E-state index contributed by atoms with van der Waals surface area (Å²) in [4.78, 5) is 0. The molecule has 0 fully saturated rings. The summed E-state index contributed by atoms with van der Waals surface area (Å²) in [5, 5.41) is 10.8. The van der Waals surface area contributed by atoms with Gasteiger partial charge in [-0.1, -0.05) is 111 Å². The Morgan fingerprint density at radius 1 is 0.574 bits per heavy atom. The van der Waals surface area contributed by atoms with Gasteiger partial charge < -0.3 is 9.05 Å². The van der Waals surface area contributed by atoms with Crippen LogP contribution >= 0.6 is 102 Å². The number of rotatable bonds is 13. The third-order valence-electron chi connectivity index (χ3n) is 8.80. The number of nitrogens with zero attached hydrogens (tertiary/aromatic N) is 1. The van der Waals surface area contributed by atoms with Gasteiger partial charge in [-0.25, -0.2) is 0 Å².